The molecule has 0 aromatic heterocycles. The Morgan fingerprint density at radius 1 is 1.31 bits per heavy atom. The molecule has 0 aromatic carbocycles. The van der Waals surface area contributed by atoms with E-state index in [1.807, 2.05) is 0 Å². The summed E-state index contributed by atoms with van der Waals surface area (Å²) >= 11 is 0. The third-order valence-corrected chi connectivity index (χ3v) is 1.11. The Morgan fingerprint density at radius 2 is 1.92 bits per heavy atom. The lowest BCUT2D eigenvalue weighted by Gasteiger charge is -2.03. The maximum atomic E-state index is 10.8. The van der Waals surface area contributed by atoms with Crippen LogP contribution in [-0.4, -0.2) is 30.9 Å². The zero-order valence-corrected chi connectivity index (χ0v) is 7.75. The molecule has 0 aliphatic carbocycles. The highest BCUT2D eigenvalue weighted by Gasteiger charge is 2.07. The van der Waals surface area contributed by atoms with Crippen molar-refractivity contribution in [2.24, 2.45) is 0 Å². The van der Waals surface area contributed by atoms with E-state index in [9.17, 15) is 9.59 Å². The maximum Gasteiger partial charge on any atom is 0.311 e. The van der Waals surface area contributed by atoms with Crippen molar-refractivity contribution in [3.05, 3.63) is 0 Å². The first-order valence-electron chi connectivity index (χ1n) is 3.91. The molecule has 1 N–H and O–H groups in total. The van der Waals surface area contributed by atoms with Crippen LogP contribution in [0.5, 0.6) is 0 Å². The van der Waals surface area contributed by atoms with Crippen molar-refractivity contribution in [1.29, 1.82) is 5.41 Å². The van der Waals surface area contributed by atoms with E-state index in [0.717, 1.165) is 0 Å². The summed E-state index contributed by atoms with van der Waals surface area (Å²) in [7, 11) is 0. The van der Waals surface area contributed by atoms with Crippen LogP contribution in [0.1, 0.15) is 20.3 Å². The van der Waals surface area contributed by atoms with Crippen molar-refractivity contribution >= 4 is 17.7 Å². The first-order chi connectivity index (χ1) is 6.06. The molecule has 5 nitrogen and oxygen atoms in total. The van der Waals surface area contributed by atoms with Gasteiger partial charge in [0.25, 0.3) is 0 Å². The fraction of sp³-hybridized carbons (Fsp3) is 0.625. The fourth-order valence-electron chi connectivity index (χ4n) is 0.626. The lowest BCUT2D eigenvalue weighted by Crippen LogP contribution is -2.16. The molecule has 0 radical (unpaired) electrons. The number of carbonyl (C=O) groups excluding carboxylic acids is 2. The number of ether oxygens (including phenoxy) is 2. The third-order valence-electron chi connectivity index (χ3n) is 1.11. The highest BCUT2D eigenvalue weighted by Crippen LogP contribution is 1.90. The molecular formula is C8H13NO4. The van der Waals surface area contributed by atoms with E-state index >= 15 is 0 Å². The molecule has 0 bridgehead atoms. The summed E-state index contributed by atoms with van der Waals surface area (Å²) in [6, 6.07) is 0. The van der Waals surface area contributed by atoms with Gasteiger partial charge in [0.15, 0.2) is 0 Å². The predicted molar refractivity (Wildman–Crippen MR) is 45.6 cm³/mol. The van der Waals surface area contributed by atoms with E-state index in [2.05, 4.69) is 9.47 Å². The number of carbonyl (C=O) groups is 2. The van der Waals surface area contributed by atoms with E-state index in [4.69, 9.17) is 5.41 Å². The predicted octanol–water partition coefficient (Wildman–Crippen LogP) is 0.522. The number of rotatable bonds is 5. The van der Waals surface area contributed by atoms with Crippen molar-refractivity contribution in [2.45, 2.75) is 20.3 Å². The Hall–Kier alpha value is -1.39. The van der Waals surface area contributed by atoms with Crippen molar-refractivity contribution in [1.82, 2.24) is 0 Å². The molecule has 0 saturated carbocycles. The Morgan fingerprint density at radius 3 is 2.38 bits per heavy atom. The van der Waals surface area contributed by atoms with Crippen LogP contribution in [0.25, 0.3) is 0 Å². The summed E-state index contributed by atoms with van der Waals surface area (Å²) in [4.78, 5) is 21.1. The molecule has 0 heterocycles. The second-order valence-electron chi connectivity index (χ2n) is 2.37. The van der Waals surface area contributed by atoms with Crippen LogP contribution in [0.15, 0.2) is 0 Å². The normalized spacial score (nSPS) is 9.08. The molecule has 0 atom stereocenters. The summed E-state index contributed by atoms with van der Waals surface area (Å²) in [5.74, 6) is -0.937. The van der Waals surface area contributed by atoms with E-state index < -0.39 is 11.9 Å². The molecule has 0 fully saturated rings. The molecule has 0 spiro atoms. The van der Waals surface area contributed by atoms with E-state index in [0.29, 0.717) is 6.61 Å². The van der Waals surface area contributed by atoms with Gasteiger partial charge in [-0.15, -0.1) is 0 Å². The van der Waals surface area contributed by atoms with Gasteiger partial charge in [-0.25, -0.2) is 0 Å². The van der Waals surface area contributed by atoms with Crippen molar-refractivity contribution in [2.75, 3.05) is 13.2 Å². The van der Waals surface area contributed by atoms with Crippen LogP contribution >= 0.6 is 0 Å². The van der Waals surface area contributed by atoms with Gasteiger partial charge in [-0.05, 0) is 6.92 Å². The molecule has 0 aromatic rings. The van der Waals surface area contributed by atoms with Crippen molar-refractivity contribution < 1.29 is 19.1 Å². The van der Waals surface area contributed by atoms with Gasteiger partial charge in [0.05, 0.1) is 18.7 Å². The average molecular weight is 187 g/mol. The van der Waals surface area contributed by atoms with Crippen molar-refractivity contribution in [3.63, 3.8) is 0 Å². The molecule has 0 amide bonds. The van der Waals surface area contributed by atoms with Gasteiger partial charge >= 0.3 is 11.9 Å². The number of hydrogen-bond donors (Lipinski definition) is 1. The van der Waals surface area contributed by atoms with Crippen LogP contribution in [-0.2, 0) is 19.1 Å². The molecule has 0 aliphatic rings. The quantitative estimate of drug-likeness (QED) is 0.503. The zero-order chi connectivity index (χ0) is 10.3. The minimum absolute atomic E-state index is 0.0358. The van der Waals surface area contributed by atoms with Crippen LogP contribution in [0.2, 0.25) is 0 Å². The highest BCUT2D eigenvalue weighted by atomic mass is 16.5. The van der Waals surface area contributed by atoms with E-state index in [1.54, 1.807) is 6.92 Å². The van der Waals surface area contributed by atoms with Gasteiger partial charge < -0.3 is 14.9 Å². The molecular weight excluding hydrogens is 174 g/mol. The molecule has 0 unspecified atom stereocenters. The largest absolute Gasteiger partial charge is 0.466 e. The van der Waals surface area contributed by atoms with Crippen LogP contribution in [0.4, 0.5) is 0 Å². The Balaban J connectivity index is 3.62. The summed E-state index contributed by atoms with van der Waals surface area (Å²) in [6.07, 6.45) is -0.124. The zero-order valence-electron chi connectivity index (χ0n) is 7.75. The van der Waals surface area contributed by atoms with Crippen LogP contribution in [0.3, 0.4) is 0 Å². The molecule has 5 heteroatoms. The van der Waals surface area contributed by atoms with Gasteiger partial charge in [-0.1, -0.05) is 0 Å². The smallest absolute Gasteiger partial charge is 0.311 e. The Labute approximate surface area is 76.5 Å². The Bertz CT molecular complexity index is 212. The second kappa shape index (κ2) is 6.16. The lowest BCUT2D eigenvalue weighted by atomic mass is 10.3. The highest BCUT2D eigenvalue weighted by molar-refractivity contribution is 5.98. The molecule has 13 heavy (non-hydrogen) atoms. The van der Waals surface area contributed by atoms with Crippen LogP contribution < -0.4 is 0 Å². The van der Waals surface area contributed by atoms with E-state index in [-0.39, 0.29) is 18.7 Å². The topological polar surface area (TPSA) is 76.5 Å². The molecule has 0 rings (SSSR count). The van der Waals surface area contributed by atoms with E-state index in [1.165, 1.54) is 6.92 Å². The summed E-state index contributed by atoms with van der Waals surface area (Å²) in [6.45, 7) is 3.08. The first-order valence-corrected chi connectivity index (χ1v) is 3.91. The fourth-order valence-corrected chi connectivity index (χ4v) is 0.626. The first kappa shape index (κ1) is 11.6. The van der Waals surface area contributed by atoms with Gasteiger partial charge in [0.1, 0.15) is 6.61 Å². The number of hydrogen-bond acceptors (Lipinski definition) is 5. The summed E-state index contributed by atoms with van der Waals surface area (Å²) < 4.78 is 9.11. The molecule has 0 saturated heterocycles. The summed E-state index contributed by atoms with van der Waals surface area (Å²) in [5.41, 5.74) is 0.0358. The summed E-state index contributed by atoms with van der Waals surface area (Å²) in [5, 5.41) is 7.21. The second-order valence-corrected chi connectivity index (χ2v) is 2.37. The standard InChI is InChI=1S/C8H13NO4/c1-3-12-8(11)4-7(9)5-13-6(2)10/h9H,3-5H2,1-2H3. The van der Waals surface area contributed by atoms with Gasteiger partial charge in [0.2, 0.25) is 0 Å². The average Bonchev–Trinajstić information content (AvgIpc) is 2.01. The van der Waals surface area contributed by atoms with Gasteiger partial charge in [-0.2, -0.15) is 0 Å². The monoisotopic (exact) mass is 187 g/mol. The number of esters is 2. The Kier molecular flexibility index (Phi) is 5.50. The molecule has 74 valence electrons. The third kappa shape index (κ3) is 6.99. The van der Waals surface area contributed by atoms with Crippen molar-refractivity contribution in [3.8, 4) is 0 Å². The molecule has 0 aliphatic heterocycles. The SMILES string of the molecule is CCOC(=O)CC(=N)COC(C)=O. The minimum atomic E-state index is -0.473. The number of nitrogens with one attached hydrogen (secondary N) is 1. The van der Waals surface area contributed by atoms with Gasteiger partial charge in [-0.3, -0.25) is 9.59 Å². The lowest BCUT2D eigenvalue weighted by molar-refractivity contribution is -0.143. The maximum absolute atomic E-state index is 10.8. The van der Waals surface area contributed by atoms with Crippen LogP contribution in [0, 0.1) is 5.41 Å². The van der Waals surface area contributed by atoms with Gasteiger partial charge in [0, 0.05) is 6.92 Å². The minimum Gasteiger partial charge on any atom is -0.466 e.